The van der Waals surface area contributed by atoms with E-state index in [1.54, 1.807) is 55.8 Å². The Labute approximate surface area is 98.8 Å². The van der Waals surface area contributed by atoms with Gasteiger partial charge in [0, 0.05) is 6.20 Å². The van der Waals surface area contributed by atoms with Crippen LogP contribution in [0.2, 0.25) is 0 Å². The zero-order valence-corrected chi connectivity index (χ0v) is 9.29. The number of esters is 1. The van der Waals surface area contributed by atoms with Crippen molar-refractivity contribution in [3.8, 4) is 11.5 Å². The van der Waals surface area contributed by atoms with Crippen molar-refractivity contribution in [2.75, 3.05) is 7.11 Å². The van der Waals surface area contributed by atoms with Gasteiger partial charge in [0.15, 0.2) is 0 Å². The van der Waals surface area contributed by atoms with E-state index in [0.717, 1.165) is 0 Å². The zero-order chi connectivity index (χ0) is 12.1. The third-order valence-corrected chi connectivity index (χ3v) is 2.14. The molecule has 1 heterocycles. The Balaban J connectivity index is 2.08. The molecule has 0 bridgehead atoms. The molecule has 0 spiro atoms. The number of rotatable bonds is 3. The molecule has 0 saturated heterocycles. The van der Waals surface area contributed by atoms with Gasteiger partial charge in [0.2, 0.25) is 0 Å². The summed E-state index contributed by atoms with van der Waals surface area (Å²) in [4.78, 5) is 15.6. The molecule has 0 aliphatic rings. The maximum absolute atomic E-state index is 11.7. The molecule has 1 aromatic heterocycles. The molecule has 17 heavy (non-hydrogen) atoms. The first-order valence-electron chi connectivity index (χ1n) is 5.07. The Morgan fingerprint density at radius 2 is 1.76 bits per heavy atom. The second-order valence-corrected chi connectivity index (χ2v) is 3.28. The smallest absolute Gasteiger partial charge is 0.362 e. The van der Waals surface area contributed by atoms with Crippen LogP contribution in [0.5, 0.6) is 11.5 Å². The fourth-order valence-corrected chi connectivity index (χ4v) is 1.29. The fourth-order valence-electron chi connectivity index (χ4n) is 1.29. The van der Waals surface area contributed by atoms with Gasteiger partial charge >= 0.3 is 5.97 Å². The van der Waals surface area contributed by atoms with Crippen LogP contribution >= 0.6 is 0 Å². The van der Waals surface area contributed by atoms with Gasteiger partial charge < -0.3 is 9.47 Å². The number of hydrogen-bond acceptors (Lipinski definition) is 4. The Morgan fingerprint density at radius 1 is 1.06 bits per heavy atom. The summed E-state index contributed by atoms with van der Waals surface area (Å²) in [6, 6.07) is 11.9. The molecule has 0 saturated carbocycles. The minimum atomic E-state index is -0.476. The molecule has 0 unspecified atom stereocenters. The lowest BCUT2D eigenvalue weighted by atomic mass is 10.3. The Bertz CT molecular complexity index is 494. The standard InChI is InChI=1S/C13H11NO3/c1-16-10-5-7-11(8-6-10)17-13(15)12-4-2-3-9-14-12/h2-9H,1H3. The first-order chi connectivity index (χ1) is 8.29. The van der Waals surface area contributed by atoms with E-state index in [1.165, 1.54) is 0 Å². The average molecular weight is 229 g/mol. The minimum absolute atomic E-state index is 0.281. The summed E-state index contributed by atoms with van der Waals surface area (Å²) in [7, 11) is 1.58. The number of methoxy groups -OCH3 is 1. The van der Waals surface area contributed by atoms with Crippen LogP contribution in [-0.2, 0) is 0 Å². The first kappa shape index (κ1) is 11.1. The lowest BCUT2D eigenvalue weighted by Crippen LogP contribution is -2.09. The third kappa shape index (κ3) is 2.81. The molecule has 0 N–H and O–H groups in total. The largest absolute Gasteiger partial charge is 0.497 e. The molecule has 2 rings (SSSR count). The summed E-state index contributed by atoms with van der Waals surface area (Å²) in [6.07, 6.45) is 1.55. The minimum Gasteiger partial charge on any atom is -0.497 e. The summed E-state index contributed by atoms with van der Waals surface area (Å²) < 4.78 is 10.1. The Hall–Kier alpha value is -2.36. The van der Waals surface area contributed by atoms with Crippen molar-refractivity contribution in [2.24, 2.45) is 0 Å². The molecule has 4 nitrogen and oxygen atoms in total. The van der Waals surface area contributed by atoms with Gasteiger partial charge in [0.25, 0.3) is 0 Å². The fraction of sp³-hybridized carbons (Fsp3) is 0.0769. The monoisotopic (exact) mass is 229 g/mol. The quantitative estimate of drug-likeness (QED) is 0.598. The summed E-state index contributed by atoms with van der Waals surface area (Å²) in [5, 5.41) is 0. The van der Waals surface area contributed by atoms with E-state index in [9.17, 15) is 4.79 Å². The highest BCUT2D eigenvalue weighted by molar-refractivity contribution is 5.88. The summed E-state index contributed by atoms with van der Waals surface area (Å²) in [5.74, 6) is 0.694. The van der Waals surface area contributed by atoms with E-state index in [1.807, 2.05) is 0 Å². The second kappa shape index (κ2) is 5.12. The third-order valence-electron chi connectivity index (χ3n) is 2.14. The van der Waals surface area contributed by atoms with Crippen molar-refractivity contribution < 1.29 is 14.3 Å². The van der Waals surface area contributed by atoms with Crippen molar-refractivity contribution >= 4 is 5.97 Å². The number of benzene rings is 1. The van der Waals surface area contributed by atoms with Gasteiger partial charge in [-0.15, -0.1) is 0 Å². The maximum atomic E-state index is 11.7. The average Bonchev–Trinajstić information content (AvgIpc) is 2.40. The second-order valence-electron chi connectivity index (χ2n) is 3.28. The Morgan fingerprint density at radius 3 is 2.35 bits per heavy atom. The van der Waals surface area contributed by atoms with Gasteiger partial charge in [-0.3, -0.25) is 0 Å². The summed E-state index contributed by atoms with van der Waals surface area (Å²) in [5.41, 5.74) is 0.281. The van der Waals surface area contributed by atoms with Gasteiger partial charge in [-0.25, -0.2) is 9.78 Å². The van der Waals surface area contributed by atoms with Gasteiger partial charge in [0.05, 0.1) is 7.11 Å². The van der Waals surface area contributed by atoms with Crippen molar-refractivity contribution in [1.29, 1.82) is 0 Å². The molecule has 1 aromatic carbocycles. The van der Waals surface area contributed by atoms with E-state index in [-0.39, 0.29) is 5.69 Å². The van der Waals surface area contributed by atoms with Gasteiger partial charge in [-0.1, -0.05) is 6.07 Å². The molecule has 0 atom stereocenters. The number of pyridine rings is 1. The molecule has 4 heteroatoms. The van der Waals surface area contributed by atoms with E-state index < -0.39 is 5.97 Å². The number of ether oxygens (including phenoxy) is 2. The molecule has 2 aromatic rings. The van der Waals surface area contributed by atoms with Gasteiger partial charge in [0.1, 0.15) is 17.2 Å². The van der Waals surface area contributed by atoms with Crippen molar-refractivity contribution in [3.63, 3.8) is 0 Å². The van der Waals surface area contributed by atoms with E-state index in [4.69, 9.17) is 9.47 Å². The zero-order valence-electron chi connectivity index (χ0n) is 9.29. The SMILES string of the molecule is COc1ccc(OC(=O)c2ccccn2)cc1. The van der Waals surface area contributed by atoms with E-state index in [0.29, 0.717) is 11.5 Å². The van der Waals surface area contributed by atoms with E-state index in [2.05, 4.69) is 4.98 Å². The van der Waals surface area contributed by atoms with Crippen LogP contribution in [-0.4, -0.2) is 18.1 Å². The van der Waals surface area contributed by atoms with Crippen molar-refractivity contribution in [3.05, 3.63) is 54.4 Å². The normalized spacial score (nSPS) is 9.71. The number of aromatic nitrogens is 1. The molecule has 0 amide bonds. The topological polar surface area (TPSA) is 48.4 Å². The molecule has 86 valence electrons. The highest BCUT2D eigenvalue weighted by Gasteiger charge is 2.08. The molecule has 0 aliphatic heterocycles. The molecule has 0 fully saturated rings. The van der Waals surface area contributed by atoms with Crippen LogP contribution in [0.1, 0.15) is 10.5 Å². The summed E-state index contributed by atoms with van der Waals surface area (Å²) in [6.45, 7) is 0. The van der Waals surface area contributed by atoms with Crippen LogP contribution in [0.15, 0.2) is 48.7 Å². The lowest BCUT2D eigenvalue weighted by molar-refractivity contribution is 0.0728. The molecule has 0 aliphatic carbocycles. The number of carbonyl (C=O) groups is 1. The van der Waals surface area contributed by atoms with Crippen LogP contribution in [0.4, 0.5) is 0 Å². The highest BCUT2D eigenvalue weighted by atomic mass is 16.5. The Kier molecular flexibility index (Phi) is 3.35. The van der Waals surface area contributed by atoms with E-state index >= 15 is 0 Å². The predicted octanol–water partition coefficient (Wildman–Crippen LogP) is 2.31. The number of hydrogen-bond donors (Lipinski definition) is 0. The molecule has 0 radical (unpaired) electrons. The number of nitrogens with zero attached hydrogens (tertiary/aromatic N) is 1. The van der Waals surface area contributed by atoms with Crippen molar-refractivity contribution in [2.45, 2.75) is 0 Å². The molecular formula is C13H11NO3. The highest BCUT2D eigenvalue weighted by Crippen LogP contribution is 2.17. The summed E-state index contributed by atoms with van der Waals surface area (Å²) >= 11 is 0. The molecular weight excluding hydrogens is 218 g/mol. The van der Waals surface area contributed by atoms with Crippen LogP contribution in [0, 0.1) is 0 Å². The van der Waals surface area contributed by atoms with Gasteiger partial charge in [-0.05, 0) is 36.4 Å². The first-order valence-corrected chi connectivity index (χ1v) is 5.07. The van der Waals surface area contributed by atoms with Crippen LogP contribution in [0.3, 0.4) is 0 Å². The predicted molar refractivity (Wildman–Crippen MR) is 62.2 cm³/mol. The van der Waals surface area contributed by atoms with Gasteiger partial charge in [-0.2, -0.15) is 0 Å². The lowest BCUT2D eigenvalue weighted by Gasteiger charge is -2.04. The van der Waals surface area contributed by atoms with Crippen molar-refractivity contribution in [1.82, 2.24) is 4.98 Å². The van der Waals surface area contributed by atoms with Crippen LogP contribution < -0.4 is 9.47 Å². The maximum Gasteiger partial charge on any atom is 0.362 e. The van der Waals surface area contributed by atoms with Crippen LogP contribution in [0.25, 0.3) is 0 Å². The number of carbonyl (C=O) groups excluding carboxylic acids is 1.